The highest BCUT2D eigenvalue weighted by Gasteiger charge is 2.01. The van der Waals surface area contributed by atoms with E-state index in [0.717, 1.165) is 24.3 Å². The predicted molar refractivity (Wildman–Crippen MR) is 61.7 cm³/mol. The molecule has 1 heterocycles. The Balaban J connectivity index is 1.87. The van der Waals surface area contributed by atoms with Crippen LogP contribution in [0.5, 0.6) is 5.75 Å². The summed E-state index contributed by atoms with van der Waals surface area (Å²) >= 11 is 0. The number of aromatic nitrogens is 1. The minimum absolute atomic E-state index is 0.361. The SMILES string of the molecule is Oc1ccccc1C[NH2+]Cc1ccccn1. The van der Waals surface area contributed by atoms with Gasteiger partial charge in [-0.25, -0.2) is 0 Å². The molecule has 1 aromatic heterocycles. The fourth-order valence-electron chi connectivity index (χ4n) is 1.58. The Morgan fingerprint density at radius 1 is 1.00 bits per heavy atom. The van der Waals surface area contributed by atoms with E-state index in [0.29, 0.717) is 5.75 Å². The van der Waals surface area contributed by atoms with Crippen LogP contribution in [0.2, 0.25) is 0 Å². The number of nitrogens with two attached hydrogens (primary N) is 1. The molecule has 0 atom stereocenters. The van der Waals surface area contributed by atoms with Gasteiger partial charge in [0.1, 0.15) is 18.8 Å². The molecule has 2 rings (SSSR count). The molecule has 3 N–H and O–H groups in total. The van der Waals surface area contributed by atoms with E-state index in [1.54, 1.807) is 12.3 Å². The normalized spacial score (nSPS) is 10.2. The first-order chi connectivity index (χ1) is 7.86. The summed E-state index contributed by atoms with van der Waals surface area (Å²) < 4.78 is 0. The van der Waals surface area contributed by atoms with Gasteiger partial charge < -0.3 is 10.4 Å². The molecular weight excluding hydrogens is 200 g/mol. The largest absolute Gasteiger partial charge is 0.507 e. The number of para-hydroxylation sites is 1. The van der Waals surface area contributed by atoms with Crippen LogP contribution in [0, 0.1) is 0 Å². The third-order valence-corrected chi connectivity index (χ3v) is 2.44. The van der Waals surface area contributed by atoms with Gasteiger partial charge in [0.25, 0.3) is 0 Å². The molecule has 0 aliphatic carbocycles. The van der Waals surface area contributed by atoms with Crippen molar-refractivity contribution in [2.75, 3.05) is 0 Å². The van der Waals surface area contributed by atoms with E-state index in [4.69, 9.17) is 0 Å². The number of hydrogen-bond acceptors (Lipinski definition) is 2. The summed E-state index contributed by atoms with van der Waals surface area (Å²) in [6, 6.07) is 13.3. The van der Waals surface area contributed by atoms with Gasteiger partial charge in [-0.1, -0.05) is 18.2 Å². The Labute approximate surface area is 94.8 Å². The molecular formula is C13H15N2O+. The molecule has 1 aromatic carbocycles. The average Bonchev–Trinajstić information content (AvgIpc) is 2.33. The van der Waals surface area contributed by atoms with E-state index in [2.05, 4.69) is 10.3 Å². The molecule has 82 valence electrons. The highest BCUT2D eigenvalue weighted by molar-refractivity contribution is 5.30. The number of quaternary nitrogens is 1. The van der Waals surface area contributed by atoms with E-state index in [1.807, 2.05) is 36.4 Å². The molecule has 0 bridgehead atoms. The van der Waals surface area contributed by atoms with E-state index < -0.39 is 0 Å². The Kier molecular flexibility index (Phi) is 3.51. The van der Waals surface area contributed by atoms with Gasteiger partial charge in [0.05, 0.1) is 5.69 Å². The lowest BCUT2D eigenvalue weighted by atomic mass is 10.2. The monoisotopic (exact) mass is 215 g/mol. The maximum absolute atomic E-state index is 9.57. The number of aromatic hydroxyl groups is 1. The van der Waals surface area contributed by atoms with Crippen LogP contribution in [0.4, 0.5) is 0 Å². The van der Waals surface area contributed by atoms with Crippen LogP contribution in [-0.2, 0) is 13.1 Å². The lowest BCUT2D eigenvalue weighted by Crippen LogP contribution is -2.80. The molecule has 0 spiro atoms. The Bertz CT molecular complexity index is 443. The molecule has 0 amide bonds. The molecule has 0 fully saturated rings. The molecule has 3 heteroatoms. The van der Waals surface area contributed by atoms with Crippen LogP contribution in [0.25, 0.3) is 0 Å². The molecule has 0 unspecified atom stereocenters. The second-order valence-electron chi connectivity index (χ2n) is 3.65. The Hall–Kier alpha value is -1.87. The Morgan fingerprint density at radius 2 is 1.81 bits per heavy atom. The van der Waals surface area contributed by atoms with Crippen molar-refractivity contribution in [1.82, 2.24) is 4.98 Å². The van der Waals surface area contributed by atoms with Crippen molar-refractivity contribution in [3.8, 4) is 5.75 Å². The lowest BCUT2D eigenvalue weighted by molar-refractivity contribution is -0.686. The standard InChI is InChI=1S/C13H14N2O/c16-13-7-2-1-5-11(13)9-14-10-12-6-3-4-8-15-12/h1-8,14,16H,9-10H2/p+1. The van der Waals surface area contributed by atoms with Crippen LogP contribution in [0.15, 0.2) is 48.7 Å². The summed E-state index contributed by atoms with van der Waals surface area (Å²) in [5, 5.41) is 11.7. The van der Waals surface area contributed by atoms with E-state index in [1.165, 1.54) is 0 Å². The maximum Gasteiger partial charge on any atom is 0.124 e. The Morgan fingerprint density at radius 3 is 2.56 bits per heavy atom. The first-order valence-electron chi connectivity index (χ1n) is 5.35. The molecule has 16 heavy (non-hydrogen) atoms. The van der Waals surface area contributed by atoms with E-state index in [9.17, 15) is 5.11 Å². The van der Waals surface area contributed by atoms with Crippen LogP contribution >= 0.6 is 0 Å². The fraction of sp³-hybridized carbons (Fsp3) is 0.154. The number of benzene rings is 1. The lowest BCUT2D eigenvalue weighted by Gasteiger charge is -2.03. The van der Waals surface area contributed by atoms with Gasteiger partial charge in [-0.2, -0.15) is 0 Å². The van der Waals surface area contributed by atoms with Crippen molar-refractivity contribution in [2.24, 2.45) is 0 Å². The zero-order valence-electron chi connectivity index (χ0n) is 9.00. The molecule has 0 saturated heterocycles. The summed E-state index contributed by atoms with van der Waals surface area (Å²) in [7, 11) is 0. The van der Waals surface area contributed by atoms with Crippen molar-refractivity contribution in [3.05, 3.63) is 59.9 Å². The molecule has 3 nitrogen and oxygen atoms in total. The van der Waals surface area contributed by atoms with E-state index in [-0.39, 0.29) is 0 Å². The number of pyridine rings is 1. The number of rotatable bonds is 4. The summed E-state index contributed by atoms with van der Waals surface area (Å²) in [5.41, 5.74) is 2.01. The highest BCUT2D eigenvalue weighted by atomic mass is 16.3. The fourth-order valence-corrected chi connectivity index (χ4v) is 1.58. The molecule has 0 saturated carbocycles. The molecule has 0 aliphatic rings. The van der Waals surface area contributed by atoms with Gasteiger partial charge in [-0.05, 0) is 24.3 Å². The third kappa shape index (κ3) is 2.81. The predicted octanol–water partition coefficient (Wildman–Crippen LogP) is 1.05. The molecule has 0 radical (unpaired) electrons. The van der Waals surface area contributed by atoms with Gasteiger partial charge >= 0.3 is 0 Å². The van der Waals surface area contributed by atoms with Crippen molar-refractivity contribution in [1.29, 1.82) is 0 Å². The summed E-state index contributed by atoms with van der Waals surface area (Å²) in [5.74, 6) is 0.361. The van der Waals surface area contributed by atoms with Crippen molar-refractivity contribution in [3.63, 3.8) is 0 Å². The van der Waals surface area contributed by atoms with Crippen LogP contribution < -0.4 is 5.32 Å². The summed E-state index contributed by atoms with van der Waals surface area (Å²) in [6.07, 6.45) is 1.79. The molecule has 2 aromatic rings. The van der Waals surface area contributed by atoms with Crippen LogP contribution in [0.1, 0.15) is 11.3 Å². The van der Waals surface area contributed by atoms with Gasteiger partial charge in [0, 0.05) is 11.8 Å². The van der Waals surface area contributed by atoms with Crippen molar-refractivity contribution < 1.29 is 10.4 Å². The molecule has 0 aliphatic heterocycles. The van der Waals surface area contributed by atoms with Gasteiger partial charge in [0.2, 0.25) is 0 Å². The summed E-state index contributed by atoms with van der Waals surface area (Å²) in [4.78, 5) is 4.24. The third-order valence-electron chi connectivity index (χ3n) is 2.44. The second-order valence-corrected chi connectivity index (χ2v) is 3.65. The zero-order chi connectivity index (χ0) is 11.2. The second kappa shape index (κ2) is 5.28. The number of phenolic OH excluding ortho intramolecular Hbond substituents is 1. The first-order valence-corrected chi connectivity index (χ1v) is 5.35. The van der Waals surface area contributed by atoms with Crippen molar-refractivity contribution in [2.45, 2.75) is 13.1 Å². The highest BCUT2D eigenvalue weighted by Crippen LogP contribution is 2.13. The van der Waals surface area contributed by atoms with Gasteiger partial charge in [0.15, 0.2) is 0 Å². The van der Waals surface area contributed by atoms with Gasteiger partial charge in [-0.15, -0.1) is 0 Å². The summed E-state index contributed by atoms with van der Waals surface area (Å²) in [6.45, 7) is 1.60. The van der Waals surface area contributed by atoms with Gasteiger partial charge in [-0.3, -0.25) is 4.98 Å². The smallest absolute Gasteiger partial charge is 0.124 e. The topological polar surface area (TPSA) is 49.7 Å². The first kappa shape index (κ1) is 10.6. The maximum atomic E-state index is 9.57. The number of phenols is 1. The van der Waals surface area contributed by atoms with Crippen LogP contribution in [0.3, 0.4) is 0 Å². The van der Waals surface area contributed by atoms with Crippen molar-refractivity contribution >= 4 is 0 Å². The number of hydrogen-bond donors (Lipinski definition) is 2. The van der Waals surface area contributed by atoms with E-state index >= 15 is 0 Å². The zero-order valence-corrected chi connectivity index (χ0v) is 9.00. The minimum atomic E-state index is 0.361. The average molecular weight is 215 g/mol. The van der Waals surface area contributed by atoms with Crippen LogP contribution in [-0.4, -0.2) is 10.1 Å². The quantitative estimate of drug-likeness (QED) is 0.801. The minimum Gasteiger partial charge on any atom is -0.507 e. The number of nitrogens with zero attached hydrogens (tertiary/aromatic N) is 1.